The highest BCUT2D eigenvalue weighted by Crippen LogP contribution is 2.30. The van der Waals surface area contributed by atoms with Gasteiger partial charge in [-0.1, -0.05) is 29.3 Å². The van der Waals surface area contributed by atoms with Gasteiger partial charge in [-0.15, -0.1) is 0 Å². The molecule has 0 saturated carbocycles. The first kappa shape index (κ1) is 15.3. The smallest absolute Gasteiger partial charge is 0.269 e. The fraction of sp³-hybridized carbons (Fsp3) is 0.600. The van der Waals surface area contributed by atoms with Crippen molar-refractivity contribution in [2.45, 2.75) is 37.9 Å². The molecule has 0 bridgehead atoms. The molecular formula is C15H21BrN2O2. The number of benzene rings is 1. The van der Waals surface area contributed by atoms with E-state index in [4.69, 9.17) is 0 Å². The number of non-ortho nitro benzene ring substituents is 1. The fourth-order valence-corrected chi connectivity index (χ4v) is 3.36. The van der Waals surface area contributed by atoms with Crippen molar-refractivity contribution in [2.24, 2.45) is 5.92 Å². The molecule has 1 aromatic rings. The van der Waals surface area contributed by atoms with Gasteiger partial charge in [0.25, 0.3) is 5.69 Å². The Morgan fingerprint density at radius 2 is 2.20 bits per heavy atom. The molecule has 1 unspecified atom stereocenters. The molecule has 0 aliphatic carbocycles. The van der Waals surface area contributed by atoms with Crippen LogP contribution < -0.4 is 4.90 Å². The molecule has 1 aromatic carbocycles. The van der Waals surface area contributed by atoms with Crippen molar-refractivity contribution in [3.63, 3.8) is 0 Å². The average Bonchev–Trinajstić information content (AvgIpc) is 2.71. The summed E-state index contributed by atoms with van der Waals surface area (Å²) >= 11 is 3.45. The van der Waals surface area contributed by atoms with Crippen molar-refractivity contribution in [3.8, 4) is 0 Å². The van der Waals surface area contributed by atoms with E-state index < -0.39 is 0 Å². The Bertz CT molecular complexity index is 479. The van der Waals surface area contributed by atoms with Crippen LogP contribution in [0.3, 0.4) is 0 Å². The molecule has 1 heterocycles. The number of hydrogen-bond acceptors (Lipinski definition) is 3. The van der Waals surface area contributed by atoms with Crippen molar-refractivity contribution in [2.75, 3.05) is 18.0 Å². The van der Waals surface area contributed by atoms with Crippen molar-refractivity contribution in [1.82, 2.24) is 0 Å². The van der Waals surface area contributed by atoms with Crippen molar-refractivity contribution in [1.29, 1.82) is 0 Å². The number of nitrogens with zero attached hydrogens (tertiary/aromatic N) is 2. The summed E-state index contributed by atoms with van der Waals surface area (Å²) in [5, 5.41) is 11.5. The summed E-state index contributed by atoms with van der Waals surface area (Å²) in [5.41, 5.74) is 2.32. The Labute approximate surface area is 128 Å². The Morgan fingerprint density at radius 3 is 2.85 bits per heavy atom. The topological polar surface area (TPSA) is 46.4 Å². The molecule has 1 atom stereocenters. The molecule has 0 spiro atoms. The zero-order valence-corrected chi connectivity index (χ0v) is 13.4. The first-order chi connectivity index (χ1) is 9.65. The van der Waals surface area contributed by atoms with Gasteiger partial charge in [0.2, 0.25) is 0 Å². The minimum atomic E-state index is -0.328. The number of anilines is 1. The Morgan fingerprint density at radius 1 is 1.40 bits per heavy atom. The van der Waals surface area contributed by atoms with Gasteiger partial charge in [0.05, 0.1) is 4.92 Å². The number of alkyl halides is 1. The van der Waals surface area contributed by atoms with Gasteiger partial charge >= 0.3 is 0 Å². The van der Waals surface area contributed by atoms with E-state index in [0.29, 0.717) is 5.33 Å². The van der Waals surface area contributed by atoms with Gasteiger partial charge in [-0.25, -0.2) is 0 Å². The lowest BCUT2D eigenvalue weighted by Crippen LogP contribution is -2.25. The predicted octanol–water partition coefficient (Wildman–Crippen LogP) is 4.51. The Kier molecular flexibility index (Phi) is 5.40. The van der Waals surface area contributed by atoms with Gasteiger partial charge in [-0.2, -0.15) is 0 Å². The van der Waals surface area contributed by atoms with Crippen LogP contribution >= 0.6 is 15.9 Å². The molecule has 20 heavy (non-hydrogen) atoms. The second-order valence-electron chi connectivity index (χ2n) is 5.40. The first-order valence-electron chi connectivity index (χ1n) is 7.24. The lowest BCUT2D eigenvalue weighted by Gasteiger charge is -2.25. The zero-order valence-electron chi connectivity index (χ0n) is 11.8. The Hall–Kier alpha value is -1.10. The SMILES string of the molecule is CCC1CCCN(c2ccc([N+](=O)[O-])cc2CBr)CC1. The molecule has 2 rings (SSSR count). The summed E-state index contributed by atoms with van der Waals surface area (Å²) in [6.45, 7) is 4.36. The highest BCUT2D eigenvalue weighted by Gasteiger charge is 2.19. The lowest BCUT2D eigenvalue weighted by atomic mass is 9.98. The normalized spacial score (nSPS) is 19.7. The van der Waals surface area contributed by atoms with Crippen LogP contribution in [-0.4, -0.2) is 18.0 Å². The molecule has 0 aromatic heterocycles. The minimum Gasteiger partial charge on any atom is -0.371 e. The van der Waals surface area contributed by atoms with Crippen LogP contribution in [0.4, 0.5) is 11.4 Å². The van der Waals surface area contributed by atoms with Gasteiger partial charge in [0.1, 0.15) is 0 Å². The van der Waals surface area contributed by atoms with Gasteiger partial charge in [-0.05, 0) is 36.8 Å². The number of rotatable bonds is 4. The molecule has 110 valence electrons. The van der Waals surface area contributed by atoms with Crippen LogP contribution in [0.25, 0.3) is 0 Å². The monoisotopic (exact) mass is 340 g/mol. The van der Waals surface area contributed by atoms with Crippen molar-refractivity contribution < 1.29 is 4.92 Å². The van der Waals surface area contributed by atoms with Crippen LogP contribution in [0.1, 0.15) is 38.2 Å². The van der Waals surface area contributed by atoms with E-state index in [1.165, 1.54) is 25.7 Å². The van der Waals surface area contributed by atoms with Crippen molar-refractivity contribution >= 4 is 27.3 Å². The largest absolute Gasteiger partial charge is 0.371 e. The lowest BCUT2D eigenvalue weighted by molar-refractivity contribution is -0.384. The first-order valence-corrected chi connectivity index (χ1v) is 8.36. The molecule has 5 heteroatoms. The van der Waals surface area contributed by atoms with E-state index in [2.05, 4.69) is 27.8 Å². The standard InChI is InChI=1S/C15H21BrN2O2/c1-2-12-4-3-8-17(9-7-12)15-6-5-14(18(19)20)10-13(15)11-16/h5-6,10,12H,2-4,7-9,11H2,1H3. The molecule has 4 nitrogen and oxygen atoms in total. The summed E-state index contributed by atoms with van der Waals surface area (Å²) in [6.07, 6.45) is 4.97. The third-order valence-corrected chi connectivity index (χ3v) is 4.79. The van der Waals surface area contributed by atoms with Crippen LogP contribution in [-0.2, 0) is 5.33 Å². The van der Waals surface area contributed by atoms with Crippen LogP contribution in [0, 0.1) is 16.0 Å². The third-order valence-electron chi connectivity index (χ3n) is 4.18. The minimum absolute atomic E-state index is 0.171. The van der Waals surface area contributed by atoms with E-state index in [0.717, 1.165) is 30.3 Å². The summed E-state index contributed by atoms with van der Waals surface area (Å²) in [5.74, 6) is 0.825. The molecule has 1 saturated heterocycles. The number of nitro benzene ring substituents is 1. The van der Waals surface area contributed by atoms with Crippen molar-refractivity contribution in [3.05, 3.63) is 33.9 Å². The summed E-state index contributed by atoms with van der Waals surface area (Å²) in [6, 6.07) is 5.21. The van der Waals surface area contributed by atoms with Crippen LogP contribution in [0.5, 0.6) is 0 Å². The van der Waals surface area contributed by atoms with E-state index in [1.54, 1.807) is 12.1 Å². The number of hydrogen-bond donors (Lipinski definition) is 0. The van der Waals surface area contributed by atoms with Gasteiger partial charge in [-0.3, -0.25) is 10.1 Å². The fourth-order valence-electron chi connectivity index (χ4n) is 2.92. The van der Waals surface area contributed by atoms with Gasteiger partial charge in [0, 0.05) is 36.2 Å². The second kappa shape index (κ2) is 7.07. The molecule has 1 aliphatic rings. The summed E-state index contributed by atoms with van der Waals surface area (Å²) in [4.78, 5) is 12.9. The maximum absolute atomic E-state index is 10.9. The Balaban J connectivity index is 2.21. The van der Waals surface area contributed by atoms with E-state index in [1.807, 2.05) is 6.07 Å². The zero-order chi connectivity index (χ0) is 14.5. The third kappa shape index (κ3) is 3.51. The quantitative estimate of drug-likeness (QED) is 0.460. The molecule has 0 amide bonds. The maximum Gasteiger partial charge on any atom is 0.269 e. The van der Waals surface area contributed by atoms with Gasteiger partial charge in [0.15, 0.2) is 0 Å². The molecule has 0 N–H and O–H groups in total. The van der Waals surface area contributed by atoms with E-state index in [-0.39, 0.29) is 10.6 Å². The number of nitro groups is 1. The van der Waals surface area contributed by atoms with Crippen LogP contribution in [0.2, 0.25) is 0 Å². The average molecular weight is 341 g/mol. The second-order valence-corrected chi connectivity index (χ2v) is 5.96. The highest BCUT2D eigenvalue weighted by molar-refractivity contribution is 9.08. The van der Waals surface area contributed by atoms with Crippen LogP contribution in [0.15, 0.2) is 18.2 Å². The van der Waals surface area contributed by atoms with E-state index in [9.17, 15) is 10.1 Å². The molecular weight excluding hydrogens is 320 g/mol. The number of halogens is 1. The highest BCUT2D eigenvalue weighted by atomic mass is 79.9. The maximum atomic E-state index is 10.9. The summed E-state index contributed by atoms with van der Waals surface area (Å²) < 4.78 is 0. The molecule has 0 radical (unpaired) electrons. The molecule has 1 fully saturated rings. The summed E-state index contributed by atoms with van der Waals surface area (Å²) in [7, 11) is 0. The van der Waals surface area contributed by atoms with E-state index >= 15 is 0 Å². The predicted molar refractivity (Wildman–Crippen MR) is 85.6 cm³/mol. The van der Waals surface area contributed by atoms with Gasteiger partial charge < -0.3 is 4.90 Å². The molecule has 1 aliphatic heterocycles.